The molecule has 0 amide bonds. The summed E-state index contributed by atoms with van der Waals surface area (Å²) in [4.78, 5) is 19.8. The van der Waals surface area contributed by atoms with Crippen molar-refractivity contribution in [1.82, 2.24) is 19.9 Å². The third-order valence-corrected chi connectivity index (χ3v) is 13.7. The molecule has 4 heteroatoms. The van der Waals surface area contributed by atoms with Crippen LogP contribution in [0, 0.1) is 11.8 Å². The summed E-state index contributed by atoms with van der Waals surface area (Å²) in [5.41, 5.74) is 17.8. The molecule has 286 valence electrons. The zero-order valence-corrected chi connectivity index (χ0v) is 34.4. The van der Waals surface area contributed by atoms with Crippen molar-refractivity contribution in [3.63, 3.8) is 0 Å². The van der Waals surface area contributed by atoms with Crippen molar-refractivity contribution < 1.29 is 0 Å². The minimum absolute atomic E-state index is 0.152. The molecule has 0 atom stereocenters. The molecule has 1 N–H and O–H groups in total. The van der Waals surface area contributed by atoms with Gasteiger partial charge >= 0.3 is 0 Å². The predicted molar refractivity (Wildman–Crippen MR) is 244 cm³/mol. The van der Waals surface area contributed by atoms with E-state index in [1.54, 1.807) is 0 Å². The highest BCUT2D eigenvalue weighted by molar-refractivity contribution is 6.11. The minimum Gasteiger partial charge on any atom is -0.354 e. The van der Waals surface area contributed by atoms with Crippen LogP contribution in [-0.2, 0) is 10.8 Å². The number of para-hydroxylation sites is 2. The number of H-pyrrole nitrogens is 1. The second kappa shape index (κ2) is 12.9. The van der Waals surface area contributed by atoms with Crippen LogP contribution in [0.1, 0.15) is 63.8 Å². The van der Waals surface area contributed by atoms with E-state index in [2.05, 4.69) is 198 Å². The van der Waals surface area contributed by atoms with Crippen molar-refractivity contribution in [3.05, 3.63) is 174 Å². The number of hydrogen-bond donors (Lipinski definition) is 1. The van der Waals surface area contributed by atoms with Gasteiger partial charge in [-0.3, -0.25) is 0 Å². The summed E-state index contributed by atoms with van der Waals surface area (Å²) >= 11 is 0. The van der Waals surface area contributed by atoms with Gasteiger partial charge in [0, 0.05) is 43.8 Å². The van der Waals surface area contributed by atoms with E-state index in [4.69, 9.17) is 15.0 Å². The van der Waals surface area contributed by atoms with Gasteiger partial charge in [0.2, 0.25) is 0 Å². The Morgan fingerprint density at radius 1 is 0.424 bits per heavy atom. The number of nitrogens with zero attached hydrogens (tertiary/aromatic N) is 3. The highest BCUT2D eigenvalue weighted by Gasteiger charge is 2.48. The molecule has 9 aromatic rings. The topological polar surface area (TPSA) is 54.5 Å². The van der Waals surface area contributed by atoms with Crippen LogP contribution in [-0.4, -0.2) is 19.9 Å². The Morgan fingerprint density at radius 3 is 1.75 bits per heavy atom. The first-order chi connectivity index (χ1) is 28.7. The average molecular weight is 763 g/mol. The summed E-state index contributed by atoms with van der Waals surface area (Å²) in [7, 11) is 0. The number of nitrogens with one attached hydrogen (secondary N) is 1. The molecule has 0 saturated carbocycles. The lowest BCUT2D eigenvalue weighted by atomic mass is 9.62. The molecule has 0 unspecified atom stereocenters. The molecular formula is C55H46N4. The van der Waals surface area contributed by atoms with E-state index in [9.17, 15) is 0 Å². The van der Waals surface area contributed by atoms with E-state index >= 15 is 0 Å². The number of aromatic amines is 1. The Balaban J connectivity index is 1.15. The second-order valence-corrected chi connectivity index (χ2v) is 17.7. The van der Waals surface area contributed by atoms with Crippen LogP contribution in [0.4, 0.5) is 0 Å². The minimum atomic E-state index is -0.208. The monoisotopic (exact) mass is 762 g/mol. The molecule has 4 nitrogen and oxygen atoms in total. The van der Waals surface area contributed by atoms with Crippen molar-refractivity contribution in [2.24, 2.45) is 11.8 Å². The van der Waals surface area contributed by atoms with E-state index in [1.807, 2.05) is 0 Å². The van der Waals surface area contributed by atoms with Gasteiger partial charge in [-0.1, -0.05) is 169 Å². The van der Waals surface area contributed by atoms with E-state index < -0.39 is 0 Å². The van der Waals surface area contributed by atoms with E-state index in [0.29, 0.717) is 29.3 Å². The van der Waals surface area contributed by atoms with Gasteiger partial charge in [-0.25, -0.2) is 15.0 Å². The largest absolute Gasteiger partial charge is 0.354 e. The van der Waals surface area contributed by atoms with Crippen LogP contribution >= 0.6 is 0 Å². The zero-order valence-electron chi connectivity index (χ0n) is 34.4. The summed E-state index contributed by atoms with van der Waals surface area (Å²) in [5, 5.41) is 2.34. The van der Waals surface area contributed by atoms with Gasteiger partial charge in [-0.15, -0.1) is 0 Å². The molecule has 0 radical (unpaired) electrons. The van der Waals surface area contributed by atoms with Gasteiger partial charge in [-0.2, -0.15) is 0 Å². The Kier molecular flexibility index (Phi) is 7.78. The Morgan fingerprint density at radius 2 is 0.983 bits per heavy atom. The van der Waals surface area contributed by atoms with Crippen molar-refractivity contribution in [2.45, 2.75) is 52.4 Å². The molecular weight excluding hydrogens is 717 g/mol. The van der Waals surface area contributed by atoms with Gasteiger partial charge in [0.25, 0.3) is 0 Å². The quantitative estimate of drug-likeness (QED) is 0.184. The molecule has 0 bridgehead atoms. The summed E-state index contributed by atoms with van der Waals surface area (Å²) in [6.07, 6.45) is 0. The maximum absolute atomic E-state index is 5.39. The van der Waals surface area contributed by atoms with Crippen LogP contribution in [0.25, 0.3) is 89.4 Å². The third kappa shape index (κ3) is 5.05. The van der Waals surface area contributed by atoms with Crippen molar-refractivity contribution in [2.75, 3.05) is 0 Å². The van der Waals surface area contributed by atoms with Gasteiger partial charge in [0.15, 0.2) is 17.5 Å². The number of rotatable bonds is 6. The fourth-order valence-electron chi connectivity index (χ4n) is 11.0. The normalized spacial score (nSPS) is 14.5. The third-order valence-electron chi connectivity index (χ3n) is 13.7. The summed E-state index contributed by atoms with van der Waals surface area (Å²) < 4.78 is 0. The van der Waals surface area contributed by atoms with Crippen LogP contribution in [0.5, 0.6) is 0 Å². The lowest BCUT2D eigenvalue weighted by molar-refractivity contribution is 0.280. The standard InChI is InChI=1S/C55H46N4/c1-32(2)55(33(3)4)45-24-15-20-37(34-16-8-7-9-17-34)49(45)42-29-27-36(31-47(42)55)52-57-51(35-26-28-39-38-18-10-12-23-44(38)54(5,6)46(39)30-35)58-53(59-52)43-22-14-21-41-40-19-11-13-25-48(40)56-50(41)43/h7-33,56H,1-6H3. The molecule has 2 aromatic heterocycles. The molecule has 2 aliphatic rings. The molecule has 2 heterocycles. The van der Waals surface area contributed by atoms with E-state index in [-0.39, 0.29) is 10.8 Å². The van der Waals surface area contributed by atoms with Crippen LogP contribution < -0.4 is 0 Å². The first-order valence-corrected chi connectivity index (χ1v) is 21.0. The lowest BCUT2D eigenvalue weighted by Gasteiger charge is -2.40. The first kappa shape index (κ1) is 35.5. The smallest absolute Gasteiger partial charge is 0.166 e. The fraction of sp³-hybridized carbons (Fsp3) is 0.182. The van der Waals surface area contributed by atoms with E-state index in [1.165, 1.54) is 61.0 Å². The van der Waals surface area contributed by atoms with Gasteiger partial charge < -0.3 is 4.98 Å². The molecule has 0 fully saturated rings. The molecule has 0 spiro atoms. The molecule has 59 heavy (non-hydrogen) atoms. The molecule has 2 aliphatic carbocycles. The summed E-state index contributed by atoms with van der Waals surface area (Å²) in [5.74, 6) is 2.67. The second-order valence-electron chi connectivity index (χ2n) is 17.7. The number of benzene rings is 7. The number of hydrogen-bond acceptors (Lipinski definition) is 3. The zero-order chi connectivity index (χ0) is 40.2. The summed E-state index contributed by atoms with van der Waals surface area (Å²) in [6.45, 7) is 14.2. The molecule has 0 saturated heterocycles. The van der Waals surface area contributed by atoms with Gasteiger partial charge in [-0.05, 0) is 91.7 Å². The SMILES string of the molecule is CC(C)C1(C(C)C)c2cc(-c3nc(-c4ccc5c(c4)C(C)(C)c4ccccc4-5)nc(-c4cccc5c4[nH]c4ccccc45)n3)ccc2-c2c(-c3ccccc3)cccc21. The maximum atomic E-state index is 5.39. The van der Waals surface area contributed by atoms with Crippen LogP contribution in [0.2, 0.25) is 0 Å². The summed E-state index contributed by atoms with van der Waals surface area (Å²) in [6, 6.07) is 55.2. The van der Waals surface area contributed by atoms with Gasteiger partial charge in [0.1, 0.15) is 0 Å². The highest BCUT2D eigenvalue weighted by Crippen LogP contribution is 2.59. The average Bonchev–Trinajstić information content (AvgIpc) is 3.87. The number of fused-ring (bicyclic) bond motifs is 9. The maximum Gasteiger partial charge on any atom is 0.166 e. The Bertz CT molecular complexity index is 3140. The lowest BCUT2D eigenvalue weighted by Crippen LogP contribution is -2.37. The number of aromatic nitrogens is 4. The Hall–Kier alpha value is -6.65. The van der Waals surface area contributed by atoms with Gasteiger partial charge in [0.05, 0.1) is 5.52 Å². The van der Waals surface area contributed by atoms with E-state index in [0.717, 1.165) is 33.1 Å². The van der Waals surface area contributed by atoms with Crippen LogP contribution in [0.3, 0.4) is 0 Å². The Labute approximate surface area is 346 Å². The van der Waals surface area contributed by atoms with Crippen molar-refractivity contribution >= 4 is 21.8 Å². The fourth-order valence-corrected chi connectivity index (χ4v) is 11.0. The molecule has 7 aromatic carbocycles. The molecule has 0 aliphatic heterocycles. The highest BCUT2D eigenvalue weighted by atomic mass is 15.0. The first-order valence-electron chi connectivity index (χ1n) is 21.0. The van der Waals surface area contributed by atoms with Crippen molar-refractivity contribution in [1.29, 1.82) is 0 Å². The predicted octanol–water partition coefficient (Wildman–Crippen LogP) is 14.1. The van der Waals surface area contributed by atoms with Crippen LogP contribution in [0.15, 0.2) is 152 Å². The van der Waals surface area contributed by atoms with Crippen molar-refractivity contribution in [3.8, 4) is 67.5 Å². The molecule has 11 rings (SSSR count).